The second kappa shape index (κ2) is 7.27. The summed E-state index contributed by atoms with van der Waals surface area (Å²) in [5.41, 5.74) is 3.38. The predicted molar refractivity (Wildman–Crippen MR) is 101 cm³/mol. The predicted octanol–water partition coefficient (Wildman–Crippen LogP) is 3.55. The van der Waals surface area contributed by atoms with Crippen LogP contribution in [0, 0.1) is 0 Å². The van der Waals surface area contributed by atoms with Gasteiger partial charge >= 0.3 is 0 Å². The summed E-state index contributed by atoms with van der Waals surface area (Å²) < 4.78 is 6.07. The Hall–Kier alpha value is -2.34. The molecule has 3 rings (SSSR count). The topological polar surface area (TPSA) is 58.6 Å². The number of rotatable bonds is 4. The summed E-state index contributed by atoms with van der Waals surface area (Å²) in [5.74, 6) is 0.560. The van der Waals surface area contributed by atoms with Gasteiger partial charge in [0.25, 0.3) is 0 Å². The number of hydrogen-bond donors (Lipinski definition) is 1. The molecule has 1 aliphatic heterocycles. The number of carbonyl (C=O) groups is 2. The monoisotopic (exact) mass is 402 g/mol. The highest BCUT2D eigenvalue weighted by Gasteiger charge is 2.26. The van der Waals surface area contributed by atoms with Crippen molar-refractivity contribution >= 4 is 39.1 Å². The van der Waals surface area contributed by atoms with Crippen LogP contribution in [0.25, 0.3) is 0 Å². The van der Waals surface area contributed by atoms with E-state index in [4.69, 9.17) is 4.74 Å². The number of hydrogen-bond acceptors (Lipinski definition) is 3. The van der Waals surface area contributed by atoms with Crippen LogP contribution < -0.4 is 15.0 Å². The smallest absolute Gasteiger partial charge is 0.228 e. The van der Waals surface area contributed by atoms with Crippen LogP contribution in [0.1, 0.15) is 18.1 Å². The highest BCUT2D eigenvalue weighted by Crippen LogP contribution is 2.38. The van der Waals surface area contributed by atoms with Crippen molar-refractivity contribution in [3.63, 3.8) is 0 Å². The molecule has 6 heteroatoms. The fourth-order valence-corrected chi connectivity index (χ4v) is 3.59. The maximum Gasteiger partial charge on any atom is 0.228 e. The van der Waals surface area contributed by atoms with Gasteiger partial charge in [-0.15, -0.1) is 0 Å². The first-order chi connectivity index (χ1) is 12.0. The van der Waals surface area contributed by atoms with Crippen LogP contribution in [0.4, 0.5) is 11.4 Å². The number of benzene rings is 2. The number of nitrogens with zero attached hydrogens (tertiary/aromatic N) is 1. The van der Waals surface area contributed by atoms with Crippen molar-refractivity contribution in [2.75, 3.05) is 23.9 Å². The molecule has 130 valence electrons. The van der Waals surface area contributed by atoms with Crippen LogP contribution in [0.2, 0.25) is 0 Å². The van der Waals surface area contributed by atoms with E-state index in [0.717, 1.165) is 33.5 Å². The summed E-state index contributed by atoms with van der Waals surface area (Å²) in [6.45, 7) is 2.18. The average Bonchev–Trinajstić information content (AvgIpc) is 2.99. The van der Waals surface area contributed by atoms with Gasteiger partial charge in [-0.1, -0.05) is 28.1 Å². The van der Waals surface area contributed by atoms with Gasteiger partial charge in [0, 0.05) is 17.9 Å². The van der Waals surface area contributed by atoms with E-state index in [-0.39, 0.29) is 18.2 Å². The van der Waals surface area contributed by atoms with E-state index in [1.54, 1.807) is 18.9 Å². The van der Waals surface area contributed by atoms with Gasteiger partial charge in [-0.3, -0.25) is 9.59 Å². The molecule has 1 aliphatic rings. The molecular formula is C19H19BrN2O3. The number of carbonyl (C=O) groups excluding carboxylic acids is 2. The molecular weight excluding hydrogens is 384 g/mol. The minimum absolute atomic E-state index is 0.0237. The Morgan fingerprint density at radius 1 is 1.28 bits per heavy atom. The van der Waals surface area contributed by atoms with E-state index in [0.29, 0.717) is 12.2 Å². The van der Waals surface area contributed by atoms with Gasteiger partial charge in [-0.05, 0) is 41.8 Å². The fourth-order valence-electron chi connectivity index (χ4n) is 3.08. The van der Waals surface area contributed by atoms with Crippen LogP contribution in [-0.4, -0.2) is 25.5 Å². The number of nitrogens with one attached hydrogen (secondary N) is 1. The van der Waals surface area contributed by atoms with Crippen LogP contribution in [0.3, 0.4) is 0 Å². The van der Waals surface area contributed by atoms with E-state index in [1.165, 1.54) is 0 Å². The summed E-state index contributed by atoms with van der Waals surface area (Å²) in [4.78, 5) is 26.1. The van der Waals surface area contributed by atoms with E-state index < -0.39 is 0 Å². The third-order valence-corrected chi connectivity index (χ3v) is 4.64. The van der Waals surface area contributed by atoms with Gasteiger partial charge in [0.2, 0.25) is 11.8 Å². The van der Waals surface area contributed by atoms with E-state index in [9.17, 15) is 9.59 Å². The summed E-state index contributed by atoms with van der Waals surface area (Å²) in [6, 6.07) is 11.3. The molecule has 1 N–H and O–H groups in total. The average molecular weight is 403 g/mol. The molecule has 2 amide bonds. The standard InChI is InChI=1S/C19H19BrN2O3/c1-12(23)22-7-6-14-10-15(20)11-17(19(14)22)21-18(24)9-13-4-3-5-16(8-13)25-2/h3-5,8,10-11H,6-7,9H2,1-2H3,(H,21,24). The fraction of sp³-hybridized carbons (Fsp3) is 0.263. The molecule has 1 heterocycles. The van der Waals surface area contributed by atoms with Gasteiger partial charge in [0.05, 0.1) is 24.9 Å². The Labute approximate surface area is 155 Å². The highest BCUT2D eigenvalue weighted by atomic mass is 79.9. The zero-order valence-corrected chi connectivity index (χ0v) is 15.7. The van der Waals surface area contributed by atoms with E-state index >= 15 is 0 Å². The molecule has 5 nitrogen and oxygen atoms in total. The Bertz CT molecular complexity index is 835. The van der Waals surface area contributed by atoms with E-state index in [2.05, 4.69) is 21.2 Å². The molecule has 0 atom stereocenters. The van der Waals surface area contributed by atoms with Crippen molar-refractivity contribution < 1.29 is 14.3 Å². The molecule has 0 saturated heterocycles. The van der Waals surface area contributed by atoms with Crippen molar-refractivity contribution in [3.05, 3.63) is 52.0 Å². The molecule has 0 fully saturated rings. The maximum absolute atomic E-state index is 12.5. The largest absolute Gasteiger partial charge is 0.497 e. The number of amides is 2. The number of fused-ring (bicyclic) bond motifs is 1. The highest BCUT2D eigenvalue weighted by molar-refractivity contribution is 9.10. The summed E-state index contributed by atoms with van der Waals surface area (Å²) in [7, 11) is 1.60. The lowest BCUT2D eigenvalue weighted by atomic mass is 10.1. The molecule has 0 bridgehead atoms. The Morgan fingerprint density at radius 3 is 2.80 bits per heavy atom. The molecule has 0 saturated carbocycles. The van der Waals surface area contributed by atoms with Gasteiger partial charge in [-0.25, -0.2) is 0 Å². The van der Waals surface area contributed by atoms with Gasteiger partial charge in [0.1, 0.15) is 5.75 Å². The van der Waals surface area contributed by atoms with Crippen molar-refractivity contribution in [2.45, 2.75) is 19.8 Å². The molecule has 0 aliphatic carbocycles. The second-order valence-corrected chi connectivity index (χ2v) is 6.87. The lowest BCUT2D eigenvalue weighted by Gasteiger charge is -2.19. The molecule has 0 aromatic heterocycles. The lowest BCUT2D eigenvalue weighted by molar-refractivity contribution is -0.117. The van der Waals surface area contributed by atoms with E-state index in [1.807, 2.05) is 36.4 Å². The molecule has 25 heavy (non-hydrogen) atoms. The molecule has 2 aromatic rings. The Balaban J connectivity index is 1.83. The van der Waals surface area contributed by atoms with Crippen LogP contribution in [-0.2, 0) is 22.4 Å². The van der Waals surface area contributed by atoms with Gasteiger partial charge in [0.15, 0.2) is 0 Å². The summed E-state index contributed by atoms with van der Waals surface area (Å²) in [5, 5.41) is 2.95. The van der Waals surface area contributed by atoms with Gasteiger partial charge in [-0.2, -0.15) is 0 Å². The van der Waals surface area contributed by atoms with Crippen LogP contribution >= 0.6 is 15.9 Å². The SMILES string of the molecule is COc1cccc(CC(=O)Nc2cc(Br)cc3c2N(C(C)=O)CC3)c1. The minimum Gasteiger partial charge on any atom is -0.497 e. The molecule has 0 unspecified atom stereocenters. The maximum atomic E-state index is 12.5. The molecule has 0 spiro atoms. The van der Waals surface area contributed by atoms with Crippen LogP contribution in [0.5, 0.6) is 5.75 Å². The first-order valence-electron chi connectivity index (χ1n) is 8.01. The third kappa shape index (κ3) is 3.85. The minimum atomic E-state index is -0.135. The lowest BCUT2D eigenvalue weighted by Crippen LogP contribution is -2.27. The third-order valence-electron chi connectivity index (χ3n) is 4.18. The van der Waals surface area contributed by atoms with Crippen molar-refractivity contribution in [3.8, 4) is 5.75 Å². The molecule has 0 radical (unpaired) electrons. The Kier molecular flexibility index (Phi) is 5.08. The summed E-state index contributed by atoms with van der Waals surface area (Å²) >= 11 is 3.48. The molecule has 2 aromatic carbocycles. The summed E-state index contributed by atoms with van der Waals surface area (Å²) in [6.07, 6.45) is 1.02. The van der Waals surface area contributed by atoms with Crippen LogP contribution in [0.15, 0.2) is 40.9 Å². The normalized spacial score (nSPS) is 12.7. The number of halogens is 1. The quantitative estimate of drug-likeness (QED) is 0.850. The zero-order valence-electron chi connectivity index (χ0n) is 14.1. The second-order valence-electron chi connectivity index (χ2n) is 5.96. The number of anilines is 2. The van der Waals surface area contributed by atoms with Crippen molar-refractivity contribution in [1.82, 2.24) is 0 Å². The van der Waals surface area contributed by atoms with Crippen molar-refractivity contribution in [1.29, 1.82) is 0 Å². The Morgan fingerprint density at radius 2 is 2.08 bits per heavy atom. The number of ether oxygens (including phenoxy) is 1. The number of methoxy groups -OCH3 is 1. The zero-order chi connectivity index (χ0) is 18.0. The first-order valence-corrected chi connectivity index (χ1v) is 8.80. The van der Waals surface area contributed by atoms with Crippen molar-refractivity contribution in [2.24, 2.45) is 0 Å². The van der Waals surface area contributed by atoms with Gasteiger partial charge < -0.3 is 15.0 Å². The first kappa shape index (κ1) is 17.5.